The Morgan fingerprint density at radius 1 is 1.33 bits per heavy atom. The van der Waals surface area contributed by atoms with Gasteiger partial charge in [0.15, 0.2) is 0 Å². The number of nitrogens with zero attached hydrogens (tertiary/aromatic N) is 2. The minimum Gasteiger partial charge on any atom is -0.368 e. The molecule has 3 aromatic heterocycles. The van der Waals surface area contributed by atoms with Gasteiger partial charge in [0.05, 0.1) is 5.39 Å². The number of hydrogen-bond acceptors (Lipinski definition) is 6. The second-order valence-electron chi connectivity index (χ2n) is 4.00. The summed E-state index contributed by atoms with van der Waals surface area (Å²) in [5.41, 5.74) is 8.30. The molecule has 0 aliphatic carbocycles. The van der Waals surface area contributed by atoms with Crippen molar-refractivity contribution in [3.05, 3.63) is 33.3 Å². The van der Waals surface area contributed by atoms with Gasteiger partial charge >= 0.3 is 0 Å². The number of rotatable bonds is 3. The number of aromatic nitrogens is 2. The van der Waals surface area contributed by atoms with Crippen molar-refractivity contribution in [2.45, 2.75) is 13.5 Å². The number of hydrogen-bond donors (Lipinski definition) is 2. The Hall–Kier alpha value is -1.66. The molecule has 0 aliphatic heterocycles. The highest BCUT2D eigenvalue weighted by atomic mass is 32.1. The molecule has 3 aromatic rings. The smallest absolute Gasteiger partial charge is 0.223 e. The molecule has 0 aliphatic rings. The largest absolute Gasteiger partial charge is 0.368 e. The Bertz CT molecular complexity index is 686. The van der Waals surface area contributed by atoms with Gasteiger partial charge in [0.25, 0.3) is 0 Å². The highest BCUT2D eigenvalue weighted by Crippen LogP contribution is 2.26. The fourth-order valence-electron chi connectivity index (χ4n) is 1.75. The molecule has 3 heterocycles. The normalized spacial score (nSPS) is 10.9. The maximum atomic E-state index is 5.71. The topological polar surface area (TPSA) is 63.8 Å². The predicted molar refractivity (Wildman–Crippen MR) is 78.2 cm³/mol. The van der Waals surface area contributed by atoms with Gasteiger partial charge in [0.1, 0.15) is 10.6 Å². The molecule has 0 saturated heterocycles. The van der Waals surface area contributed by atoms with E-state index in [0.717, 1.165) is 22.6 Å². The van der Waals surface area contributed by atoms with Crippen LogP contribution in [-0.2, 0) is 6.54 Å². The molecule has 0 saturated carbocycles. The summed E-state index contributed by atoms with van der Waals surface area (Å²) < 4.78 is 0. The average molecular weight is 276 g/mol. The lowest BCUT2D eigenvalue weighted by molar-refractivity contribution is 1.10. The van der Waals surface area contributed by atoms with E-state index in [1.54, 1.807) is 22.7 Å². The molecule has 0 spiro atoms. The van der Waals surface area contributed by atoms with Crippen molar-refractivity contribution in [3.8, 4) is 0 Å². The van der Waals surface area contributed by atoms with E-state index >= 15 is 0 Å². The van der Waals surface area contributed by atoms with Gasteiger partial charge in [-0.1, -0.05) is 0 Å². The van der Waals surface area contributed by atoms with Crippen LogP contribution in [0.2, 0.25) is 0 Å². The van der Waals surface area contributed by atoms with Crippen molar-refractivity contribution >= 4 is 44.7 Å². The lowest BCUT2D eigenvalue weighted by atomic mass is 10.2. The lowest BCUT2D eigenvalue weighted by Gasteiger charge is -2.07. The summed E-state index contributed by atoms with van der Waals surface area (Å²) in [6.45, 7) is 2.87. The molecule has 0 unspecified atom stereocenters. The minimum atomic E-state index is 0.314. The van der Waals surface area contributed by atoms with Crippen LogP contribution in [-0.4, -0.2) is 9.97 Å². The first-order valence-electron chi connectivity index (χ1n) is 5.50. The van der Waals surface area contributed by atoms with Crippen molar-refractivity contribution in [3.63, 3.8) is 0 Å². The van der Waals surface area contributed by atoms with Gasteiger partial charge in [-0.2, -0.15) is 16.3 Å². The van der Waals surface area contributed by atoms with E-state index in [1.807, 2.05) is 11.4 Å². The number of aryl methyl sites for hydroxylation is 1. The molecule has 6 heteroatoms. The first-order valence-corrected chi connectivity index (χ1v) is 7.32. The van der Waals surface area contributed by atoms with Crippen molar-refractivity contribution in [1.29, 1.82) is 0 Å². The van der Waals surface area contributed by atoms with Crippen molar-refractivity contribution in [1.82, 2.24) is 9.97 Å². The monoisotopic (exact) mass is 276 g/mol. The van der Waals surface area contributed by atoms with Crippen LogP contribution in [0.25, 0.3) is 10.2 Å². The molecule has 3 N–H and O–H groups in total. The van der Waals surface area contributed by atoms with Crippen LogP contribution in [0.4, 0.5) is 11.8 Å². The standard InChI is InChI=1S/C12H12N4S2/c1-7-5-17-6-8(7)4-14-10-9-2-3-18-11(9)16-12(13)15-10/h2-3,5-6H,4H2,1H3,(H3,13,14,15,16). The first-order chi connectivity index (χ1) is 8.74. The predicted octanol–water partition coefficient (Wildman–Crippen LogP) is 3.26. The van der Waals surface area contributed by atoms with Gasteiger partial charge in [-0.3, -0.25) is 0 Å². The molecule has 92 valence electrons. The number of fused-ring (bicyclic) bond motifs is 1. The van der Waals surface area contributed by atoms with E-state index in [9.17, 15) is 0 Å². The molecule has 18 heavy (non-hydrogen) atoms. The summed E-state index contributed by atoms with van der Waals surface area (Å²) in [5, 5.41) is 10.7. The molecule has 0 radical (unpaired) electrons. The summed E-state index contributed by atoms with van der Waals surface area (Å²) in [4.78, 5) is 9.40. The quantitative estimate of drug-likeness (QED) is 0.770. The molecule has 4 nitrogen and oxygen atoms in total. The summed E-state index contributed by atoms with van der Waals surface area (Å²) in [5.74, 6) is 1.12. The molecular formula is C12H12N4S2. The van der Waals surface area contributed by atoms with Gasteiger partial charge in [0, 0.05) is 6.54 Å². The third kappa shape index (κ3) is 2.04. The highest BCUT2D eigenvalue weighted by molar-refractivity contribution is 7.16. The second kappa shape index (κ2) is 4.55. The van der Waals surface area contributed by atoms with E-state index < -0.39 is 0 Å². The van der Waals surface area contributed by atoms with Gasteiger partial charge in [-0.05, 0) is 40.3 Å². The Morgan fingerprint density at radius 2 is 2.22 bits per heavy atom. The van der Waals surface area contributed by atoms with E-state index in [0.29, 0.717) is 5.95 Å². The van der Waals surface area contributed by atoms with E-state index in [1.165, 1.54) is 11.1 Å². The van der Waals surface area contributed by atoms with Crippen LogP contribution in [0.5, 0.6) is 0 Å². The number of thiophene rings is 2. The van der Waals surface area contributed by atoms with Crippen LogP contribution in [0.15, 0.2) is 22.2 Å². The van der Waals surface area contributed by atoms with E-state index in [2.05, 4.69) is 33.0 Å². The molecule has 0 atom stereocenters. The van der Waals surface area contributed by atoms with Crippen molar-refractivity contribution in [2.75, 3.05) is 11.1 Å². The maximum absolute atomic E-state index is 5.71. The number of anilines is 2. The van der Waals surface area contributed by atoms with Crippen LogP contribution < -0.4 is 11.1 Å². The molecular weight excluding hydrogens is 264 g/mol. The molecule has 0 bridgehead atoms. The third-order valence-electron chi connectivity index (χ3n) is 2.75. The molecule has 0 aromatic carbocycles. The second-order valence-corrected chi connectivity index (χ2v) is 5.64. The number of nitrogens with one attached hydrogen (secondary N) is 1. The van der Waals surface area contributed by atoms with Crippen LogP contribution in [0, 0.1) is 6.92 Å². The van der Waals surface area contributed by atoms with Gasteiger partial charge in [0.2, 0.25) is 5.95 Å². The molecule has 0 fully saturated rings. The first kappa shape index (κ1) is 11.4. The van der Waals surface area contributed by atoms with E-state index in [4.69, 9.17) is 5.73 Å². The summed E-state index contributed by atoms with van der Waals surface area (Å²) in [6.07, 6.45) is 0. The summed E-state index contributed by atoms with van der Waals surface area (Å²) in [6, 6.07) is 2.02. The fourth-order valence-corrected chi connectivity index (χ4v) is 3.38. The number of nitrogens with two attached hydrogens (primary N) is 1. The van der Waals surface area contributed by atoms with Gasteiger partial charge in [-0.25, -0.2) is 4.98 Å². The zero-order valence-corrected chi connectivity index (χ0v) is 11.4. The highest BCUT2D eigenvalue weighted by Gasteiger charge is 2.07. The molecule has 3 rings (SSSR count). The summed E-state index contributed by atoms with van der Waals surface area (Å²) in [7, 11) is 0. The average Bonchev–Trinajstić information content (AvgIpc) is 2.94. The Kier molecular flexibility index (Phi) is 2.89. The van der Waals surface area contributed by atoms with E-state index in [-0.39, 0.29) is 0 Å². The number of nitrogen functional groups attached to an aromatic ring is 1. The Labute approximate surface area is 113 Å². The lowest BCUT2D eigenvalue weighted by Crippen LogP contribution is -2.04. The van der Waals surface area contributed by atoms with Gasteiger partial charge in [-0.15, -0.1) is 11.3 Å². The Morgan fingerprint density at radius 3 is 3.00 bits per heavy atom. The van der Waals surface area contributed by atoms with Gasteiger partial charge < -0.3 is 11.1 Å². The van der Waals surface area contributed by atoms with Crippen molar-refractivity contribution < 1.29 is 0 Å². The minimum absolute atomic E-state index is 0.314. The SMILES string of the molecule is Cc1cscc1CNc1nc(N)nc2sccc12. The van der Waals surface area contributed by atoms with Crippen LogP contribution >= 0.6 is 22.7 Å². The maximum Gasteiger partial charge on any atom is 0.223 e. The zero-order valence-electron chi connectivity index (χ0n) is 9.80. The van der Waals surface area contributed by atoms with Crippen molar-refractivity contribution in [2.24, 2.45) is 0 Å². The molecule has 0 amide bonds. The Balaban J connectivity index is 1.90. The third-order valence-corrected chi connectivity index (χ3v) is 4.47. The fraction of sp³-hybridized carbons (Fsp3) is 0.167. The van der Waals surface area contributed by atoms with Crippen LogP contribution in [0.1, 0.15) is 11.1 Å². The van der Waals surface area contributed by atoms with Crippen LogP contribution in [0.3, 0.4) is 0 Å². The zero-order chi connectivity index (χ0) is 12.5. The summed E-state index contributed by atoms with van der Waals surface area (Å²) >= 11 is 3.29.